The molecule has 0 radical (unpaired) electrons. The van der Waals surface area contributed by atoms with Crippen LogP contribution in [0.4, 0.5) is 5.00 Å². The van der Waals surface area contributed by atoms with Crippen molar-refractivity contribution in [3.63, 3.8) is 0 Å². The Kier molecular flexibility index (Phi) is 8.28. The molecule has 3 rings (SSSR count). The monoisotopic (exact) mass is 528 g/mol. The van der Waals surface area contributed by atoms with Crippen molar-refractivity contribution in [1.29, 1.82) is 0 Å². The molecule has 2 aromatic heterocycles. The lowest BCUT2D eigenvalue weighted by atomic mass is 10.1. The number of methoxy groups -OCH3 is 1. The number of amides is 1. The van der Waals surface area contributed by atoms with E-state index in [-0.39, 0.29) is 11.7 Å². The Morgan fingerprint density at radius 3 is 2.70 bits per heavy atom. The van der Waals surface area contributed by atoms with Crippen molar-refractivity contribution < 1.29 is 19.1 Å². The van der Waals surface area contributed by atoms with Crippen LogP contribution >= 0.6 is 46.3 Å². The van der Waals surface area contributed by atoms with Crippen LogP contribution in [-0.2, 0) is 16.6 Å². The van der Waals surface area contributed by atoms with E-state index in [1.54, 1.807) is 29.8 Å². The molecule has 0 aliphatic rings. The number of nitrogens with zero attached hydrogens (tertiary/aromatic N) is 3. The lowest BCUT2D eigenvalue weighted by molar-refractivity contribution is -0.113. The number of aryl methyl sites for hydroxylation is 1. The van der Waals surface area contributed by atoms with E-state index in [4.69, 9.17) is 32.7 Å². The number of hydrogen-bond acceptors (Lipinski definition) is 8. The SMILES string of the molecule is COC(=O)c1c(NC(=O)CSc2nnc(C(C)Oc3cc(Cl)ccc3Cl)n2C)sc(C)c1C. The average molecular weight is 529 g/mol. The van der Waals surface area contributed by atoms with Gasteiger partial charge >= 0.3 is 5.97 Å². The van der Waals surface area contributed by atoms with E-state index in [0.717, 1.165) is 10.4 Å². The van der Waals surface area contributed by atoms with Gasteiger partial charge in [-0.1, -0.05) is 35.0 Å². The van der Waals surface area contributed by atoms with Gasteiger partial charge < -0.3 is 19.4 Å². The maximum atomic E-state index is 12.5. The van der Waals surface area contributed by atoms with Crippen LogP contribution in [0.2, 0.25) is 10.0 Å². The molecule has 12 heteroatoms. The summed E-state index contributed by atoms with van der Waals surface area (Å²) in [6, 6.07) is 4.97. The van der Waals surface area contributed by atoms with Crippen LogP contribution in [0.25, 0.3) is 0 Å². The van der Waals surface area contributed by atoms with Gasteiger partial charge in [0.2, 0.25) is 5.91 Å². The van der Waals surface area contributed by atoms with Gasteiger partial charge in [-0.15, -0.1) is 21.5 Å². The predicted octanol–water partition coefficient (Wildman–Crippen LogP) is 5.46. The summed E-state index contributed by atoms with van der Waals surface area (Å²) in [4.78, 5) is 25.6. The Morgan fingerprint density at radius 2 is 2.00 bits per heavy atom. The zero-order chi connectivity index (χ0) is 24.3. The first-order valence-electron chi connectivity index (χ1n) is 9.74. The van der Waals surface area contributed by atoms with Gasteiger partial charge in [-0.3, -0.25) is 4.79 Å². The minimum Gasteiger partial charge on any atom is -0.481 e. The van der Waals surface area contributed by atoms with E-state index in [0.29, 0.717) is 37.3 Å². The van der Waals surface area contributed by atoms with Crippen LogP contribution in [0.3, 0.4) is 0 Å². The van der Waals surface area contributed by atoms with Crippen molar-refractivity contribution in [2.24, 2.45) is 7.05 Å². The molecule has 1 N–H and O–H groups in total. The molecule has 0 aliphatic carbocycles. The number of rotatable bonds is 8. The fourth-order valence-electron chi connectivity index (χ4n) is 2.97. The summed E-state index contributed by atoms with van der Waals surface area (Å²) in [5, 5.41) is 13.1. The highest BCUT2D eigenvalue weighted by Crippen LogP contribution is 2.34. The van der Waals surface area contributed by atoms with Gasteiger partial charge in [-0.2, -0.15) is 0 Å². The van der Waals surface area contributed by atoms with Gasteiger partial charge in [0.05, 0.1) is 23.4 Å². The van der Waals surface area contributed by atoms with E-state index in [9.17, 15) is 9.59 Å². The van der Waals surface area contributed by atoms with Crippen LogP contribution < -0.4 is 10.1 Å². The number of aromatic nitrogens is 3. The molecule has 33 heavy (non-hydrogen) atoms. The first-order chi connectivity index (χ1) is 15.6. The summed E-state index contributed by atoms with van der Waals surface area (Å²) >= 11 is 14.7. The second-order valence-electron chi connectivity index (χ2n) is 7.05. The minimum absolute atomic E-state index is 0.0813. The molecule has 1 unspecified atom stereocenters. The van der Waals surface area contributed by atoms with E-state index in [1.807, 2.05) is 20.8 Å². The fourth-order valence-corrected chi connectivity index (χ4v) is 5.08. The molecule has 3 aromatic rings. The summed E-state index contributed by atoms with van der Waals surface area (Å²) < 4.78 is 12.5. The third kappa shape index (κ3) is 5.81. The van der Waals surface area contributed by atoms with E-state index < -0.39 is 12.1 Å². The second-order valence-corrected chi connectivity index (χ2v) is 10.1. The van der Waals surface area contributed by atoms with Crippen LogP contribution in [0.15, 0.2) is 23.4 Å². The van der Waals surface area contributed by atoms with Crippen LogP contribution in [0, 0.1) is 13.8 Å². The maximum Gasteiger partial charge on any atom is 0.341 e. The summed E-state index contributed by atoms with van der Waals surface area (Å²) in [5.41, 5.74) is 1.17. The van der Waals surface area contributed by atoms with Crippen molar-refractivity contribution in [2.45, 2.75) is 32.0 Å². The van der Waals surface area contributed by atoms with Gasteiger partial charge in [-0.25, -0.2) is 4.79 Å². The van der Waals surface area contributed by atoms with Crippen molar-refractivity contribution in [1.82, 2.24) is 14.8 Å². The third-order valence-electron chi connectivity index (χ3n) is 4.79. The molecule has 8 nitrogen and oxygen atoms in total. The molecular formula is C21H22Cl2N4O4S2. The summed E-state index contributed by atoms with van der Waals surface area (Å²) in [5.74, 6) is 0.331. The Hall–Kier alpha value is -2.27. The molecule has 1 amide bonds. The van der Waals surface area contributed by atoms with Crippen molar-refractivity contribution in [3.05, 3.63) is 50.1 Å². The van der Waals surface area contributed by atoms with E-state index >= 15 is 0 Å². The molecule has 0 bridgehead atoms. The highest BCUT2D eigenvalue weighted by atomic mass is 35.5. The van der Waals surface area contributed by atoms with Crippen molar-refractivity contribution in [3.8, 4) is 5.75 Å². The zero-order valence-corrected chi connectivity index (χ0v) is 21.7. The lowest BCUT2D eigenvalue weighted by Crippen LogP contribution is -2.16. The molecule has 0 spiro atoms. The highest BCUT2D eigenvalue weighted by molar-refractivity contribution is 7.99. The normalized spacial score (nSPS) is 11.8. The molecule has 2 heterocycles. The molecule has 0 fully saturated rings. The quantitative estimate of drug-likeness (QED) is 0.306. The van der Waals surface area contributed by atoms with Crippen LogP contribution in [-0.4, -0.2) is 39.5 Å². The van der Waals surface area contributed by atoms with E-state index in [1.165, 1.54) is 30.2 Å². The first kappa shape index (κ1) is 25.4. The topological polar surface area (TPSA) is 95.3 Å². The Morgan fingerprint density at radius 1 is 1.27 bits per heavy atom. The number of carbonyl (C=O) groups excluding carboxylic acids is 2. The van der Waals surface area contributed by atoms with Gasteiger partial charge in [0, 0.05) is 23.0 Å². The van der Waals surface area contributed by atoms with Crippen molar-refractivity contribution in [2.75, 3.05) is 18.2 Å². The molecule has 0 aliphatic heterocycles. The van der Waals surface area contributed by atoms with Gasteiger partial charge in [-0.05, 0) is 38.5 Å². The lowest BCUT2D eigenvalue weighted by Gasteiger charge is -2.15. The number of halogens is 2. The number of esters is 1. The highest BCUT2D eigenvalue weighted by Gasteiger charge is 2.23. The smallest absolute Gasteiger partial charge is 0.341 e. The zero-order valence-electron chi connectivity index (χ0n) is 18.6. The molecule has 1 atom stereocenters. The number of nitrogens with one attached hydrogen (secondary N) is 1. The number of thioether (sulfide) groups is 1. The molecule has 0 saturated carbocycles. The first-order valence-corrected chi connectivity index (χ1v) is 12.3. The summed E-state index contributed by atoms with van der Waals surface area (Å²) in [6.45, 7) is 5.53. The fraction of sp³-hybridized carbons (Fsp3) is 0.333. The largest absolute Gasteiger partial charge is 0.481 e. The van der Waals surface area contributed by atoms with Gasteiger partial charge in [0.1, 0.15) is 10.8 Å². The number of anilines is 1. The molecule has 176 valence electrons. The number of carbonyl (C=O) groups is 2. The number of thiophene rings is 1. The molecular weight excluding hydrogens is 507 g/mol. The molecule has 1 aromatic carbocycles. The second kappa shape index (κ2) is 10.8. The van der Waals surface area contributed by atoms with Crippen molar-refractivity contribution >= 4 is 63.2 Å². The Labute approximate surface area is 209 Å². The third-order valence-corrected chi connectivity index (χ3v) is 7.48. The van der Waals surface area contributed by atoms with Crippen LogP contribution in [0.1, 0.15) is 39.7 Å². The maximum absolute atomic E-state index is 12.5. The number of ether oxygens (including phenoxy) is 2. The summed E-state index contributed by atoms with van der Waals surface area (Å²) in [7, 11) is 3.10. The Balaban J connectivity index is 1.65. The van der Waals surface area contributed by atoms with Crippen LogP contribution in [0.5, 0.6) is 5.75 Å². The van der Waals surface area contributed by atoms with Gasteiger partial charge in [0.15, 0.2) is 17.1 Å². The number of benzene rings is 1. The predicted molar refractivity (Wildman–Crippen MR) is 131 cm³/mol. The van der Waals surface area contributed by atoms with E-state index in [2.05, 4.69) is 15.5 Å². The van der Waals surface area contributed by atoms with Gasteiger partial charge in [0.25, 0.3) is 0 Å². The Bertz CT molecular complexity index is 1200. The number of hydrogen-bond donors (Lipinski definition) is 1. The average Bonchev–Trinajstić information content (AvgIpc) is 3.27. The minimum atomic E-state index is -0.480. The standard InChI is InChI=1S/C21H22Cl2N4O4S2/c1-10-12(3)33-19(17(10)20(29)30-5)24-16(28)9-32-21-26-25-18(27(21)4)11(2)31-15-8-13(22)6-7-14(15)23/h6-8,11H,9H2,1-5H3,(H,24,28). The molecule has 0 saturated heterocycles. The summed E-state index contributed by atoms with van der Waals surface area (Å²) in [6.07, 6.45) is -0.457.